The molecular formula is C15H19N5O. The van der Waals surface area contributed by atoms with Gasteiger partial charge in [-0.3, -0.25) is 5.32 Å². The summed E-state index contributed by atoms with van der Waals surface area (Å²) in [7, 11) is 0. The second-order valence-electron chi connectivity index (χ2n) is 4.59. The number of anilines is 2. The Hall–Kier alpha value is -2.47. The van der Waals surface area contributed by atoms with Gasteiger partial charge in [0.25, 0.3) is 0 Å². The number of nitrogens with zero attached hydrogens (tertiary/aromatic N) is 2. The number of hydrogen-bond donors (Lipinski definition) is 3. The zero-order chi connectivity index (χ0) is 15.1. The van der Waals surface area contributed by atoms with E-state index in [0.717, 1.165) is 17.8 Å². The van der Waals surface area contributed by atoms with E-state index in [1.807, 2.05) is 24.3 Å². The van der Waals surface area contributed by atoms with Gasteiger partial charge in [-0.1, -0.05) is 19.1 Å². The molecule has 1 atom stereocenters. The summed E-state index contributed by atoms with van der Waals surface area (Å²) < 4.78 is 0. The summed E-state index contributed by atoms with van der Waals surface area (Å²) >= 11 is 0. The van der Waals surface area contributed by atoms with E-state index in [-0.39, 0.29) is 12.1 Å². The highest BCUT2D eigenvalue weighted by molar-refractivity contribution is 5.99. The average molecular weight is 285 g/mol. The van der Waals surface area contributed by atoms with Crippen molar-refractivity contribution in [3.63, 3.8) is 0 Å². The molecule has 1 heterocycles. The minimum absolute atomic E-state index is 0.236. The zero-order valence-electron chi connectivity index (χ0n) is 12.1. The van der Waals surface area contributed by atoms with Crippen LogP contribution < -0.4 is 16.0 Å². The number of amides is 2. The monoisotopic (exact) mass is 285 g/mol. The summed E-state index contributed by atoms with van der Waals surface area (Å²) in [5.74, 6) is 0.409. The summed E-state index contributed by atoms with van der Waals surface area (Å²) in [4.78, 5) is 11.9. The van der Waals surface area contributed by atoms with Gasteiger partial charge in [0.1, 0.15) is 0 Å². The summed E-state index contributed by atoms with van der Waals surface area (Å²) in [6, 6.07) is 11.0. The molecular weight excluding hydrogens is 266 g/mol. The normalized spacial score (nSPS) is 11.7. The maximum Gasteiger partial charge on any atom is 0.324 e. The lowest BCUT2D eigenvalue weighted by molar-refractivity contribution is 0.262. The Bertz CT molecular complexity index is 588. The molecule has 0 fully saturated rings. The van der Waals surface area contributed by atoms with Crippen LogP contribution in [0.4, 0.5) is 16.3 Å². The van der Waals surface area contributed by atoms with Crippen molar-refractivity contribution in [2.45, 2.75) is 19.9 Å². The van der Waals surface area contributed by atoms with Crippen LogP contribution in [0.3, 0.4) is 0 Å². The second kappa shape index (κ2) is 7.35. The standard InChI is InChI=1S/C15H19N5O/c1-3-16-11(2)12-6-4-7-13(10-12)18-15(21)19-14-8-5-9-17-20-14/h4-11,16H,3H2,1-2H3,(H2,18,19,20,21). The van der Waals surface area contributed by atoms with Gasteiger partial charge in [-0.25, -0.2) is 4.79 Å². The third kappa shape index (κ3) is 4.54. The number of nitrogens with one attached hydrogen (secondary N) is 3. The molecule has 0 aliphatic rings. The van der Waals surface area contributed by atoms with Crippen LogP contribution in [0.15, 0.2) is 42.6 Å². The van der Waals surface area contributed by atoms with Gasteiger partial charge in [0.15, 0.2) is 5.82 Å². The van der Waals surface area contributed by atoms with E-state index in [1.165, 1.54) is 0 Å². The van der Waals surface area contributed by atoms with Crippen LogP contribution in [0, 0.1) is 0 Å². The van der Waals surface area contributed by atoms with E-state index in [4.69, 9.17) is 0 Å². The molecule has 1 aromatic carbocycles. The zero-order valence-corrected chi connectivity index (χ0v) is 12.1. The van der Waals surface area contributed by atoms with Crippen LogP contribution in [0.25, 0.3) is 0 Å². The highest BCUT2D eigenvalue weighted by Gasteiger charge is 2.07. The first-order valence-corrected chi connectivity index (χ1v) is 6.88. The Kier molecular flexibility index (Phi) is 5.22. The van der Waals surface area contributed by atoms with Crippen molar-refractivity contribution in [3.8, 4) is 0 Å². The number of urea groups is 1. The van der Waals surface area contributed by atoms with Crippen LogP contribution in [0.2, 0.25) is 0 Å². The molecule has 110 valence electrons. The average Bonchev–Trinajstić information content (AvgIpc) is 2.48. The highest BCUT2D eigenvalue weighted by atomic mass is 16.2. The summed E-state index contributed by atoms with van der Waals surface area (Å²) in [6.07, 6.45) is 1.55. The van der Waals surface area contributed by atoms with E-state index in [9.17, 15) is 4.79 Å². The molecule has 2 rings (SSSR count). The first-order valence-electron chi connectivity index (χ1n) is 6.88. The van der Waals surface area contributed by atoms with E-state index in [0.29, 0.717) is 5.82 Å². The molecule has 0 saturated carbocycles. The number of hydrogen-bond acceptors (Lipinski definition) is 4. The first-order chi connectivity index (χ1) is 10.2. The predicted molar refractivity (Wildman–Crippen MR) is 83.2 cm³/mol. The van der Waals surface area contributed by atoms with Crippen molar-refractivity contribution in [1.29, 1.82) is 0 Å². The van der Waals surface area contributed by atoms with Gasteiger partial charge in [0, 0.05) is 17.9 Å². The Morgan fingerprint density at radius 3 is 2.81 bits per heavy atom. The van der Waals surface area contributed by atoms with Crippen molar-refractivity contribution in [1.82, 2.24) is 15.5 Å². The number of benzene rings is 1. The van der Waals surface area contributed by atoms with Crippen LogP contribution in [-0.4, -0.2) is 22.8 Å². The predicted octanol–water partition coefficient (Wildman–Crippen LogP) is 2.79. The Morgan fingerprint density at radius 1 is 1.24 bits per heavy atom. The molecule has 6 nitrogen and oxygen atoms in total. The molecule has 21 heavy (non-hydrogen) atoms. The molecule has 6 heteroatoms. The molecule has 1 unspecified atom stereocenters. The van der Waals surface area contributed by atoms with Crippen molar-refractivity contribution < 1.29 is 4.79 Å². The Morgan fingerprint density at radius 2 is 2.10 bits per heavy atom. The number of carbonyl (C=O) groups is 1. The lowest BCUT2D eigenvalue weighted by Crippen LogP contribution is -2.21. The van der Waals surface area contributed by atoms with Crippen molar-refractivity contribution in [2.75, 3.05) is 17.2 Å². The lowest BCUT2D eigenvalue weighted by atomic mass is 10.1. The smallest absolute Gasteiger partial charge is 0.310 e. The lowest BCUT2D eigenvalue weighted by Gasteiger charge is -2.14. The second-order valence-corrected chi connectivity index (χ2v) is 4.59. The molecule has 2 amide bonds. The van der Waals surface area contributed by atoms with Crippen LogP contribution in [-0.2, 0) is 0 Å². The Balaban J connectivity index is 1.99. The molecule has 0 spiro atoms. The summed E-state index contributed by atoms with van der Waals surface area (Å²) in [5.41, 5.74) is 1.85. The van der Waals surface area contributed by atoms with Gasteiger partial charge < -0.3 is 10.6 Å². The number of aromatic nitrogens is 2. The van der Waals surface area contributed by atoms with Gasteiger partial charge in [0.05, 0.1) is 0 Å². The summed E-state index contributed by atoms with van der Waals surface area (Å²) in [6.45, 7) is 5.04. The van der Waals surface area contributed by atoms with Crippen molar-refractivity contribution in [3.05, 3.63) is 48.2 Å². The van der Waals surface area contributed by atoms with E-state index in [1.54, 1.807) is 18.3 Å². The Labute approximate surface area is 124 Å². The van der Waals surface area contributed by atoms with E-state index >= 15 is 0 Å². The molecule has 0 aliphatic carbocycles. The molecule has 2 aromatic rings. The van der Waals surface area contributed by atoms with Crippen LogP contribution in [0.1, 0.15) is 25.5 Å². The molecule has 0 radical (unpaired) electrons. The van der Waals surface area contributed by atoms with E-state index in [2.05, 4.69) is 40.0 Å². The van der Waals surface area contributed by atoms with Gasteiger partial charge >= 0.3 is 6.03 Å². The minimum atomic E-state index is -0.344. The summed E-state index contributed by atoms with van der Waals surface area (Å²) in [5, 5.41) is 16.2. The van der Waals surface area contributed by atoms with Gasteiger partial charge in [-0.2, -0.15) is 5.10 Å². The van der Waals surface area contributed by atoms with Gasteiger partial charge in [-0.15, -0.1) is 5.10 Å². The fourth-order valence-corrected chi connectivity index (χ4v) is 1.96. The third-order valence-corrected chi connectivity index (χ3v) is 2.97. The quantitative estimate of drug-likeness (QED) is 0.789. The third-order valence-electron chi connectivity index (χ3n) is 2.97. The van der Waals surface area contributed by atoms with Crippen molar-refractivity contribution >= 4 is 17.5 Å². The fraction of sp³-hybridized carbons (Fsp3) is 0.267. The number of rotatable bonds is 5. The molecule has 0 saturated heterocycles. The minimum Gasteiger partial charge on any atom is -0.310 e. The first kappa shape index (κ1) is 14.9. The molecule has 0 bridgehead atoms. The van der Waals surface area contributed by atoms with Gasteiger partial charge in [-0.05, 0) is 43.3 Å². The maximum absolute atomic E-state index is 11.9. The molecule has 3 N–H and O–H groups in total. The molecule has 0 aliphatic heterocycles. The highest BCUT2D eigenvalue weighted by Crippen LogP contribution is 2.17. The topological polar surface area (TPSA) is 78.9 Å². The SMILES string of the molecule is CCNC(C)c1cccc(NC(=O)Nc2cccnn2)c1. The van der Waals surface area contributed by atoms with E-state index < -0.39 is 0 Å². The van der Waals surface area contributed by atoms with Gasteiger partial charge in [0.2, 0.25) is 0 Å². The van der Waals surface area contributed by atoms with Crippen LogP contribution >= 0.6 is 0 Å². The van der Waals surface area contributed by atoms with Crippen LogP contribution in [0.5, 0.6) is 0 Å². The largest absolute Gasteiger partial charge is 0.324 e. The number of carbonyl (C=O) groups excluding carboxylic acids is 1. The van der Waals surface area contributed by atoms with Crippen molar-refractivity contribution in [2.24, 2.45) is 0 Å². The fourth-order valence-electron chi connectivity index (χ4n) is 1.96. The molecule has 1 aromatic heterocycles. The maximum atomic E-state index is 11.9.